The minimum Gasteiger partial charge on any atom is -0.309 e. The average molecular weight is 821 g/mol. The number of hydrogen-bond donors (Lipinski definition) is 0. The molecule has 0 saturated carbocycles. The fraction of sp³-hybridized carbons (Fsp3) is 0. The van der Waals surface area contributed by atoms with Gasteiger partial charge in [0.25, 0.3) is 0 Å². The number of aromatic nitrogens is 4. The number of nitrogens with zero attached hydrogens (tertiary/aromatic N) is 4. The topological polar surface area (TPSA) is 35.6 Å². The van der Waals surface area contributed by atoms with Crippen molar-refractivity contribution in [2.75, 3.05) is 0 Å². The van der Waals surface area contributed by atoms with Gasteiger partial charge in [-0.25, -0.2) is 9.97 Å². The van der Waals surface area contributed by atoms with Gasteiger partial charge in [0.1, 0.15) is 0 Å². The van der Waals surface area contributed by atoms with Crippen LogP contribution in [0.3, 0.4) is 0 Å². The Morgan fingerprint density at radius 1 is 0.333 bits per heavy atom. The van der Waals surface area contributed by atoms with Crippen LogP contribution < -0.4 is 0 Å². The molecule has 0 unspecified atom stereocenters. The van der Waals surface area contributed by atoms with Gasteiger partial charge < -0.3 is 9.13 Å². The van der Waals surface area contributed by atoms with Crippen molar-refractivity contribution in [2.45, 2.75) is 0 Å². The van der Waals surface area contributed by atoms with E-state index in [4.69, 9.17) is 9.97 Å². The van der Waals surface area contributed by atoms with Crippen LogP contribution in [0.2, 0.25) is 0 Å². The summed E-state index contributed by atoms with van der Waals surface area (Å²) in [7, 11) is 0. The van der Waals surface area contributed by atoms with E-state index in [0.29, 0.717) is 0 Å². The van der Waals surface area contributed by atoms with Crippen LogP contribution in [0.4, 0.5) is 0 Å². The molecule has 0 fully saturated rings. The first-order valence-electron chi connectivity index (χ1n) is 21.3. The van der Waals surface area contributed by atoms with E-state index in [2.05, 4.69) is 221 Å². The Labute approximate surface area is 367 Å². The molecule has 4 aromatic heterocycles. The third-order valence-electron chi connectivity index (χ3n) is 12.5. The van der Waals surface area contributed by atoms with Gasteiger partial charge in [-0.2, -0.15) is 0 Å². The zero-order valence-corrected chi connectivity index (χ0v) is 34.8. The molecule has 5 heteroatoms. The summed E-state index contributed by atoms with van der Waals surface area (Å²) in [6, 6.07) is 78.4. The minimum absolute atomic E-state index is 0.731. The smallest absolute Gasteiger partial charge is 0.160 e. The number of thiophene rings is 1. The molecule has 4 nitrogen and oxygen atoms in total. The van der Waals surface area contributed by atoms with E-state index in [9.17, 15) is 0 Å². The summed E-state index contributed by atoms with van der Waals surface area (Å²) in [6.45, 7) is 0. The van der Waals surface area contributed by atoms with Crippen molar-refractivity contribution in [3.63, 3.8) is 0 Å². The Hall–Kier alpha value is -8.12. The van der Waals surface area contributed by atoms with Gasteiger partial charge in [-0.05, 0) is 64.7 Å². The molecule has 0 N–H and O–H groups in total. The summed E-state index contributed by atoms with van der Waals surface area (Å²) in [6.07, 6.45) is 0. The first-order chi connectivity index (χ1) is 31.3. The van der Waals surface area contributed by atoms with Gasteiger partial charge in [-0.1, -0.05) is 176 Å². The lowest BCUT2D eigenvalue weighted by molar-refractivity contribution is 1.18. The summed E-state index contributed by atoms with van der Waals surface area (Å²) < 4.78 is 7.19. The molecule has 13 aromatic rings. The lowest BCUT2D eigenvalue weighted by Gasteiger charge is -2.12. The molecular weight excluding hydrogens is 785 g/mol. The standard InChI is InChI=1S/C58H36N4S/c1-4-16-37(17-5-1)38-30-32-39(33-31-38)42-22-14-23-43(36-42)61-47-27-12-10-24-44(47)52-49(61)34-35-50-53(52)45-25-11-13-28-48(45)62(50)51-29-15-26-46-55-57(63-56(46)51)54(40-18-6-2-7-19-40)59-58(60-55)41-20-8-3-9-21-41/h1-36H. The lowest BCUT2D eigenvalue weighted by atomic mass is 10.00. The molecule has 63 heavy (non-hydrogen) atoms. The highest BCUT2D eigenvalue weighted by Crippen LogP contribution is 2.46. The highest BCUT2D eigenvalue weighted by molar-refractivity contribution is 7.26. The Kier molecular flexibility index (Phi) is 8.05. The summed E-state index contributed by atoms with van der Waals surface area (Å²) in [4.78, 5) is 10.5. The van der Waals surface area contributed by atoms with E-state index >= 15 is 0 Å². The number of fused-ring (bicyclic) bond motifs is 10. The number of hydrogen-bond acceptors (Lipinski definition) is 3. The van der Waals surface area contributed by atoms with E-state index in [1.54, 1.807) is 11.3 Å². The number of para-hydroxylation sites is 2. The van der Waals surface area contributed by atoms with Crippen molar-refractivity contribution in [3.8, 4) is 56.3 Å². The molecule has 0 spiro atoms. The van der Waals surface area contributed by atoms with Crippen LogP contribution in [-0.2, 0) is 0 Å². The van der Waals surface area contributed by atoms with Crippen LogP contribution in [0.15, 0.2) is 218 Å². The van der Waals surface area contributed by atoms with E-state index in [0.717, 1.165) is 49.6 Å². The lowest BCUT2D eigenvalue weighted by Crippen LogP contribution is -1.95. The third-order valence-corrected chi connectivity index (χ3v) is 13.8. The van der Waals surface area contributed by atoms with Gasteiger partial charge in [0.05, 0.1) is 48.4 Å². The SMILES string of the molecule is c1ccc(-c2ccc(-c3cccc(-n4c5ccccc5c5c6c7ccccc7n(-c7cccc8c7sc7c(-c9ccccc9)nc(-c9ccccc9)nc78)c6ccc54)c3)cc2)cc1. The average Bonchev–Trinajstić information content (AvgIpc) is 4.02. The quantitative estimate of drug-likeness (QED) is 0.167. The van der Waals surface area contributed by atoms with E-state index in [1.165, 1.54) is 70.6 Å². The molecule has 4 heterocycles. The molecule has 0 aliphatic rings. The summed E-state index contributed by atoms with van der Waals surface area (Å²) in [5.41, 5.74) is 15.8. The van der Waals surface area contributed by atoms with Crippen LogP contribution in [0, 0.1) is 0 Å². The van der Waals surface area contributed by atoms with E-state index in [1.807, 2.05) is 6.07 Å². The third kappa shape index (κ3) is 5.60. The molecule has 0 saturated heterocycles. The normalized spacial score (nSPS) is 11.8. The largest absolute Gasteiger partial charge is 0.309 e. The van der Waals surface area contributed by atoms with Crippen molar-refractivity contribution < 1.29 is 0 Å². The molecule has 294 valence electrons. The molecule has 0 aliphatic carbocycles. The second kappa shape index (κ2) is 14.2. The summed E-state index contributed by atoms with van der Waals surface area (Å²) in [5, 5.41) is 6.09. The van der Waals surface area contributed by atoms with Gasteiger partial charge in [-0.3, -0.25) is 0 Å². The Morgan fingerprint density at radius 3 is 1.52 bits per heavy atom. The van der Waals surface area contributed by atoms with E-state index < -0.39 is 0 Å². The molecule has 0 atom stereocenters. The number of rotatable bonds is 6. The van der Waals surface area contributed by atoms with Crippen molar-refractivity contribution in [3.05, 3.63) is 218 Å². The second-order valence-electron chi connectivity index (χ2n) is 16.1. The summed E-state index contributed by atoms with van der Waals surface area (Å²) in [5.74, 6) is 0.731. The van der Waals surface area contributed by atoms with Crippen LogP contribution in [0.25, 0.3) is 120 Å². The van der Waals surface area contributed by atoms with Crippen molar-refractivity contribution >= 4 is 75.3 Å². The zero-order chi connectivity index (χ0) is 41.4. The highest BCUT2D eigenvalue weighted by Gasteiger charge is 2.23. The van der Waals surface area contributed by atoms with Crippen LogP contribution in [0.1, 0.15) is 0 Å². The van der Waals surface area contributed by atoms with Crippen LogP contribution in [0.5, 0.6) is 0 Å². The van der Waals surface area contributed by atoms with Crippen molar-refractivity contribution in [1.82, 2.24) is 19.1 Å². The van der Waals surface area contributed by atoms with Crippen LogP contribution >= 0.6 is 11.3 Å². The maximum Gasteiger partial charge on any atom is 0.160 e. The number of benzene rings is 9. The Balaban J connectivity index is 1.03. The van der Waals surface area contributed by atoms with Crippen molar-refractivity contribution in [2.24, 2.45) is 0 Å². The first-order valence-corrected chi connectivity index (χ1v) is 22.1. The van der Waals surface area contributed by atoms with E-state index in [-0.39, 0.29) is 0 Å². The molecule has 9 aromatic carbocycles. The Bertz CT molecular complexity index is 3880. The Morgan fingerprint density at radius 2 is 0.841 bits per heavy atom. The zero-order valence-electron chi connectivity index (χ0n) is 34.0. The molecule has 13 rings (SSSR count). The van der Waals surface area contributed by atoms with Gasteiger partial charge in [0, 0.05) is 43.7 Å². The second-order valence-corrected chi connectivity index (χ2v) is 17.1. The monoisotopic (exact) mass is 820 g/mol. The van der Waals surface area contributed by atoms with Crippen LogP contribution in [-0.4, -0.2) is 19.1 Å². The predicted molar refractivity (Wildman–Crippen MR) is 265 cm³/mol. The molecule has 0 bridgehead atoms. The summed E-state index contributed by atoms with van der Waals surface area (Å²) >= 11 is 1.79. The maximum atomic E-state index is 5.30. The predicted octanol–water partition coefficient (Wildman–Crippen LogP) is 15.7. The van der Waals surface area contributed by atoms with Gasteiger partial charge >= 0.3 is 0 Å². The molecular formula is C58H36N4S. The molecule has 0 aliphatic heterocycles. The molecule has 0 amide bonds. The van der Waals surface area contributed by atoms with Crippen molar-refractivity contribution in [1.29, 1.82) is 0 Å². The van der Waals surface area contributed by atoms with Gasteiger partial charge in [0.2, 0.25) is 0 Å². The maximum absolute atomic E-state index is 5.30. The first kappa shape index (κ1) is 35.6. The fourth-order valence-electron chi connectivity index (χ4n) is 9.70. The minimum atomic E-state index is 0.731. The van der Waals surface area contributed by atoms with Gasteiger partial charge in [0.15, 0.2) is 5.82 Å². The molecule has 0 radical (unpaired) electrons. The fourth-order valence-corrected chi connectivity index (χ4v) is 11.0. The van der Waals surface area contributed by atoms with Gasteiger partial charge in [-0.15, -0.1) is 11.3 Å². The highest BCUT2D eigenvalue weighted by atomic mass is 32.1.